The number of carbonyl (C=O) groups excluding carboxylic acids is 1. The molecular formula is C18H28N2O3. The lowest BCUT2D eigenvalue weighted by Gasteiger charge is -2.19. The van der Waals surface area contributed by atoms with E-state index in [1.807, 2.05) is 20.8 Å². The minimum atomic E-state index is -0.463. The second-order valence-corrected chi connectivity index (χ2v) is 7.17. The second-order valence-electron chi connectivity index (χ2n) is 7.17. The van der Waals surface area contributed by atoms with Crippen molar-refractivity contribution in [2.45, 2.75) is 51.9 Å². The zero-order valence-corrected chi connectivity index (χ0v) is 14.3. The van der Waals surface area contributed by atoms with Gasteiger partial charge >= 0.3 is 6.09 Å². The largest absolute Gasteiger partial charge is 0.444 e. The van der Waals surface area contributed by atoms with Crippen LogP contribution < -0.4 is 5.32 Å². The predicted octanol–water partition coefficient (Wildman–Crippen LogP) is 2.32. The molecule has 0 aliphatic carbocycles. The number of aliphatic hydroxyl groups excluding tert-OH is 1. The molecule has 1 aromatic carbocycles. The van der Waals surface area contributed by atoms with Crippen LogP contribution in [0.15, 0.2) is 24.3 Å². The topological polar surface area (TPSA) is 61.8 Å². The van der Waals surface area contributed by atoms with Crippen LogP contribution >= 0.6 is 0 Å². The van der Waals surface area contributed by atoms with E-state index in [1.165, 1.54) is 11.1 Å². The van der Waals surface area contributed by atoms with Gasteiger partial charge in [-0.2, -0.15) is 0 Å². The summed E-state index contributed by atoms with van der Waals surface area (Å²) in [4.78, 5) is 13.8. The lowest BCUT2D eigenvalue weighted by atomic mass is 10.1. The summed E-state index contributed by atoms with van der Waals surface area (Å²) in [6, 6.07) is 8.43. The molecule has 1 aliphatic rings. The molecule has 1 saturated heterocycles. The Hall–Kier alpha value is -1.59. The number of aliphatic hydroxyl groups is 1. The average molecular weight is 320 g/mol. The predicted molar refractivity (Wildman–Crippen MR) is 90.3 cm³/mol. The van der Waals surface area contributed by atoms with Crippen molar-refractivity contribution in [1.82, 2.24) is 10.2 Å². The first-order chi connectivity index (χ1) is 10.8. The fourth-order valence-electron chi connectivity index (χ4n) is 2.65. The molecule has 5 heteroatoms. The summed E-state index contributed by atoms with van der Waals surface area (Å²) in [5.74, 6) is 0. The molecule has 128 valence electrons. The number of ether oxygens (including phenoxy) is 1. The molecule has 0 radical (unpaired) electrons. The van der Waals surface area contributed by atoms with Gasteiger partial charge < -0.3 is 15.2 Å². The molecule has 5 nitrogen and oxygen atoms in total. The Morgan fingerprint density at radius 1 is 1.30 bits per heavy atom. The van der Waals surface area contributed by atoms with Gasteiger partial charge in [0.15, 0.2) is 0 Å². The molecule has 23 heavy (non-hydrogen) atoms. The van der Waals surface area contributed by atoms with Gasteiger partial charge in [0.2, 0.25) is 0 Å². The number of hydrogen-bond donors (Lipinski definition) is 2. The van der Waals surface area contributed by atoms with Gasteiger partial charge in [0, 0.05) is 26.2 Å². The van der Waals surface area contributed by atoms with E-state index in [-0.39, 0.29) is 12.2 Å². The van der Waals surface area contributed by atoms with E-state index in [1.54, 1.807) is 0 Å². The van der Waals surface area contributed by atoms with Gasteiger partial charge in [-0.1, -0.05) is 24.3 Å². The molecule has 0 aromatic heterocycles. The van der Waals surface area contributed by atoms with Crippen molar-refractivity contribution in [3.8, 4) is 0 Å². The van der Waals surface area contributed by atoms with E-state index in [0.717, 1.165) is 32.5 Å². The highest BCUT2D eigenvalue weighted by molar-refractivity contribution is 5.67. The summed E-state index contributed by atoms with van der Waals surface area (Å²) < 4.78 is 5.20. The van der Waals surface area contributed by atoms with Crippen molar-refractivity contribution in [2.75, 3.05) is 19.6 Å². The van der Waals surface area contributed by atoms with Crippen LogP contribution in [0.4, 0.5) is 4.79 Å². The monoisotopic (exact) mass is 320 g/mol. The molecular weight excluding hydrogens is 292 g/mol. The van der Waals surface area contributed by atoms with Gasteiger partial charge in [-0.3, -0.25) is 4.90 Å². The van der Waals surface area contributed by atoms with Gasteiger partial charge in [-0.25, -0.2) is 4.79 Å². The van der Waals surface area contributed by atoms with Gasteiger partial charge in [0.05, 0.1) is 6.10 Å². The number of benzene rings is 1. The first kappa shape index (κ1) is 17.8. The van der Waals surface area contributed by atoms with Gasteiger partial charge in [0.25, 0.3) is 0 Å². The summed E-state index contributed by atoms with van der Waals surface area (Å²) >= 11 is 0. The van der Waals surface area contributed by atoms with Crippen LogP contribution in [0.25, 0.3) is 0 Å². The summed E-state index contributed by atoms with van der Waals surface area (Å²) in [7, 11) is 0. The molecule has 1 atom stereocenters. The van der Waals surface area contributed by atoms with Crippen molar-refractivity contribution in [2.24, 2.45) is 0 Å². The fourth-order valence-corrected chi connectivity index (χ4v) is 2.65. The van der Waals surface area contributed by atoms with E-state index in [4.69, 9.17) is 4.74 Å². The molecule has 1 heterocycles. The maximum Gasteiger partial charge on any atom is 0.407 e. The van der Waals surface area contributed by atoms with Crippen molar-refractivity contribution in [3.05, 3.63) is 35.4 Å². The smallest absolute Gasteiger partial charge is 0.407 e. The third-order valence-electron chi connectivity index (χ3n) is 3.76. The second kappa shape index (κ2) is 7.79. The molecule has 1 aliphatic heterocycles. The van der Waals surface area contributed by atoms with Crippen LogP contribution in [0.5, 0.6) is 0 Å². The normalized spacial score (nSPS) is 18.9. The maximum atomic E-state index is 11.6. The van der Waals surface area contributed by atoms with E-state index in [0.29, 0.717) is 6.54 Å². The molecule has 1 aromatic rings. The van der Waals surface area contributed by atoms with Crippen LogP contribution in [0, 0.1) is 0 Å². The van der Waals surface area contributed by atoms with Crippen LogP contribution in [0.2, 0.25) is 0 Å². The summed E-state index contributed by atoms with van der Waals surface area (Å²) in [6.45, 7) is 8.73. The Bertz CT molecular complexity index is 508. The quantitative estimate of drug-likeness (QED) is 0.874. The Balaban J connectivity index is 1.71. The molecule has 0 bridgehead atoms. The third-order valence-corrected chi connectivity index (χ3v) is 3.76. The Kier molecular flexibility index (Phi) is 6.02. The lowest BCUT2D eigenvalue weighted by Crippen LogP contribution is -2.33. The van der Waals surface area contributed by atoms with Crippen molar-refractivity contribution < 1.29 is 14.6 Å². The van der Waals surface area contributed by atoms with Crippen molar-refractivity contribution in [3.63, 3.8) is 0 Å². The number of hydrogen-bond acceptors (Lipinski definition) is 4. The minimum Gasteiger partial charge on any atom is -0.444 e. The Morgan fingerprint density at radius 3 is 2.52 bits per heavy atom. The molecule has 1 amide bonds. The highest BCUT2D eigenvalue weighted by atomic mass is 16.6. The van der Waals surface area contributed by atoms with E-state index in [2.05, 4.69) is 34.5 Å². The Labute approximate surface area is 138 Å². The van der Waals surface area contributed by atoms with Crippen LogP contribution in [0.3, 0.4) is 0 Å². The lowest BCUT2D eigenvalue weighted by molar-refractivity contribution is 0.0528. The average Bonchev–Trinajstić information content (AvgIpc) is 2.84. The molecule has 0 saturated carbocycles. The van der Waals surface area contributed by atoms with E-state index < -0.39 is 5.60 Å². The number of alkyl carbamates (subject to hydrolysis) is 1. The minimum absolute atomic E-state index is 0.173. The summed E-state index contributed by atoms with van der Waals surface area (Å²) in [5, 5.41) is 12.3. The maximum absolute atomic E-state index is 11.6. The van der Waals surface area contributed by atoms with E-state index in [9.17, 15) is 9.90 Å². The number of likely N-dealkylation sites (tertiary alicyclic amines) is 1. The first-order valence-corrected chi connectivity index (χ1v) is 8.27. The summed E-state index contributed by atoms with van der Waals surface area (Å²) in [6.07, 6.45) is 1.10. The number of nitrogens with one attached hydrogen (secondary N) is 1. The standard InChI is InChI=1S/C18H28N2O3/c1-18(2,3)23-17(22)19-10-8-14-4-6-15(7-5-14)12-20-11-9-16(21)13-20/h4-7,16,21H,8-13H2,1-3H3,(H,19,22). The highest BCUT2D eigenvalue weighted by Gasteiger charge is 2.19. The van der Waals surface area contributed by atoms with Gasteiger partial charge in [-0.05, 0) is 44.7 Å². The molecule has 2 N–H and O–H groups in total. The number of β-amino-alcohol motifs (C(OH)–C–C–N with tert-alkyl or cyclic N) is 1. The van der Waals surface area contributed by atoms with Crippen LogP contribution in [-0.2, 0) is 17.7 Å². The first-order valence-electron chi connectivity index (χ1n) is 8.27. The third kappa shape index (κ3) is 6.59. The number of rotatable bonds is 5. The zero-order valence-electron chi connectivity index (χ0n) is 14.3. The number of nitrogens with zero attached hydrogens (tertiary/aromatic N) is 1. The van der Waals surface area contributed by atoms with Crippen LogP contribution in [0.1, 0.15) is 38.3 Å². The van der Waals surface area contributed by atoms with Gasteiger partial charge in [0.1, 0.15) is 5.60 Å². The van der Waals surface area contributed by atoms with Crippen molar-refractivity contribution >= 4 is 6.09 Å². The van der Waals surface area contributed by atoms with Crippen LogP contribution in [-0.4, -0.2) is 47.4 Å². The molecule has 0 spiro atoms. The highest BCUT2D eigenvalue weighted by Crippen LogP contribution is 2.14. The summed E-state index contributed by atoms with van der Waals surface area (Å²) in [5.41, 5.74) is 1.98. The van der Waals surface area contributed by atoms with Crippen molar-refractivity contribution in [1.29, 1.82) is 0 Å². The van der Waals surface area contributed by atoms with Gasteiger partial charge in [-0.15, -0.1) is 0 Å². The molecule has 1 unspecified atom stereocenters. The zero-order chi connectivity index (χ0) is 16.9. The SMILES string of the molecule is CC(C)(C)OC(=O)NCCc1ccc(CN2CCC(O)C2)cc1. The molecule has 2 rings (SSSR count). The Morgan fingerprint density at radius 2 is 1.96 bits per heavy atom. The number of amides is 1. The number of carbonyl (C=O) groups is 1. The van der Waals surface area contributed by atoms with E-state index >= 15 is 0 Å². The molecule has 1 fully saturated rings. The fraction of sp³-hybridized carbons (Fsp3) is 0.611.